The van der Waals surface area contributed by atoms with Crippen LogP contribution >= 0.6 is 12.2 Å². The molecule has 1 aromatic carbocycles. The van der Waals surface area contributed by atoms with Crippen molar-refractivity contribution in [3.63, 3.8) is 0 Å². The topological polar surface area (TPSA) is 53.1 Å². The van der Waals surface area contributed by atoms with Crippen molar-refractivity contribution >= 4 is 29.1 Å². The van der Waals surface area contributed by atoms with Gasteiger partial charge >= 0.3 is 6.18 Å². The normalized spacial score (nSPS) is 20.3. The number of aromatic nitrogens is 2. The third-order valence-electron chi connectivity index (χ3n) is 6.93. The third-order valence-corrected chi connectivity index (χ3v) is 7.18. The van der Waals surface area contributed by atoms with Gasteiger partial charge in [-0.25, -0.2) is 9.37 Å². The number of piperidine rings is 1. The average Bonchev–Trinajstić information content (AvgIpc) is 3.28. The molecule has 184 valence electrons. The highest BCUT2D eigenvalue weighted by Crippen LogP contribution is 2.40. The Morgan fingerprint density at radius 1 is 1.12 bits per heavy atom. The van der Waals surface area contributed by atoms with E-state index in [0.29, 0.717) is 13.1 Å². The summed E-state index contributed by atoms with van der Waals surface area (Å²) in [5.74, 6) is -0.219. The predicted molar refractivity (Wildman–Crippen MR) is 128 cm³/mol. The number of rotatable bonds is 5. The number of nitrogens with zero attached hydrogens (tertiary/aromatic N) is 3. The lowest BCUT2D eigenvalue weighted by molar-refractivity contribution is -0.141. The third kappa shape index (κ3) is 5.59. The first kappa shape index (κ1) is 24.6. The Balaban J connectivity index is 1.50. The second kappa shape index (κ2) is 10.0. The van der Waals surface area contributed by atoms with Crippen molar-refractivity contribution in [1.29, 1.82) is 0 Å². The van der Waals surface area contributed by atoms with Crippen LogP contribution in [0.4, 0.5) is 29.3 Å². The lowest BCUT2D eigenvalue weighted by Crippen LogP contribution is -2.41. The molecule has 5 nitrogen and oxygen atoms in total. The number of hydrogen-bond acceptors (Lipinski definition) is 4. The van der Waals surface area contributed by atoms with Crippen LogP contribution in [0.1, 0.15) is 63.1 Å². The van der Waals surface area contributed by atoms with Gasteiger partial charge in [-0.05, 0) is 68.9 Å². The second-order valence-electron chi connectivity index (χ2n) is 9.27. The van der Waals surface area contributed by atoms with Gasteiger partial charge in [-0.2, -0.15) is 18.2 Å². The Kier molecular flexibility index (Phi) is 7.25. The maximum Gasteiger partial charge on any atom is 0.433 e. The highest BCUT2D eigenvalue weighted by molar-refractivity contribution is 7.80. The summed E-state index contributed by atoms with van der Waals surface area (Å²) in [7, 11) is 0. The van der Waals surface area contributed by atoms with E-state index in [1.807, 2.05) is 11.8 Å². The van der Waals surface area contributed by atoms with Crippen molar-refractivity contribution in [3.05, 3.63) is 47.4 Å². The Bertz CT molecular complexity index is 1010. The molecule has 2 fully saturated rings. The standard InChI is InChI=1S/C24H29F4N5S/c1-16-6-2-5-13-33(16)20-14-19(24(26,27)28)30-21(31-20)32-22(34)29-15-23(11-3-4-12-23)17-7-9-18(25)10-8-17/h7-10,14,16H,2-6,11-13,15H2,1H3,(H2,29,30,31,32,34). The number of hydrogen-bond donors (Lipinski definition) is 2. The number of alkyl halides is 3. The minimum Gasteiger partial charge on any atom is -0.361 e. The molecule has 0 spiro atoms. The lowest BCUT2D eigenvalue weighted by atomic mass is 9.79. The summed E-state index contributed by atoms with van der Waals surface area (Å²) in [5.41, 5.74) is -0.180. The number of nitrogens with one attached hydrogen (secondary N) is 2. The average molecular weight is 496 g/mol. The van der Waals surface area contributed by atoms with Crippen molar-refractivity contribution in [2.45, 2.75) is 69.5 Å². The van der Waals surface area contributed by atoms with E-state index in [-0.39, 0.29) is 34.2 Å². The van der Waals surface area contributed by atoms with Crippen LogP contribution in [0.5, 0.6) is 0 Å². The maximum atomic E-state index is 13.6. The van der Waals surface area contributed by atoms with E-state index in [1.54, 1.807) is 12.1 Å². The molecule has 2 N–H and O–H groups in total. The molecular weight excluding hydrogens is 466 g/mol. The number of benzene rings is 1. The Labute approximate surface area is 202 Å². The maximum absolute atomic E-state index is 13.6. The molecule has 2 aromatic rings. The fraction of sp³-hybridized carbons (Fsp3) is 0.542. The van der Waals surface area contributed by atoms with Crippen molar-refractivity contribution in [3.8, 4) is 0 Å². The van der Waals surface area contributed by atoms with Gasteiger partial charge in [0.05, 0.1) is 0 Å². The molecule has 0 radical (unpaired) electrons. The molecule has 1 aliphatic heterocycles. The predicted octanol–water partition coefficient (Wildman–Crippen LogP) is 5.81. The van der Waals surface area contributed by atoms with Gasteiger partial charge in [0.25, 0.3) is 0 Å². The molecule has 2 heterocycles. The summed E-state index contributed by atoms with van der Waals surface area (Å²) in [4.78, 5) is 9.94. The first-order valence-corrected chi connectivity index (χ1v) is 12.1. The molecule has 1 unspecified atom stereocenters. The smallest absolute Gasteiger partial charge is 0.361 e. The number of anilines is 2. The van der Waals surface area contributed by atoms with E-state index in [0.717, 1.165) is 56.6 Å². The van der Waals surface area contributed by atoms with Gasteiger partial charge in [0, 0.05) is 30.6 Å². The monoisotopic (exact) mass is 495 g/mol. The fourth-order valence-corrected chi connectivity index (χ4v) is 5.20. The SMILES string of the molecule is CC1CCCCN1c1cc(C(F)(F)F)nc(NC(=S)NCC2(c3ccc(F)cc3)CCCC2)n1. The molecule has 2 aliphatic rings. The van der Waals surface area contributed by atoms with Crippen LogP contribution < -0.4 is 15.5 Å². The molecule has 1 aliphatic carbocycles. The molecule has 1 saturated carbocycles. The molecule has 0 bridgehead atoms. The molecule has 1 atom stereocenters. The lowest BCUT2D eigenvalue weighted by Gasteiger charge is -2.34. The van der Waals surface area contributed by atoms with Gasteiger partial charge in [-0.3, -0.25) is 0 Å². The second-order valence-corrected chi connectivity index (χ2v) is 9.68. The molecule has 1 saturated heterocycles. The zero-order chi connectivity index (χ0) is 24.3. The van der Waals surface area contributed by atoms with E-state index in [4.69, 9.17) is 12.2 Å². The van der Waals surface area contributed by atoms with Gasteiger partial charge in [-0.15, -0.1) is 0 Å². The van der Waals surface area contributed by atoms with E-state index in [2.05, 4.69) is 20.6 Å². The van der Waals surface area contributed by atoms with Gasteiger partial charge < -0.3 is 15.5 Å². The minimum atomic E-state index is -4.60. The van der Waals surface area contributed by atoms with Crippen LogP contribution in [-0.4, -0.2) is 34.2 Å². The van der Waals surface area contributed by atoms with Crippen LogP contribution in [0.25, 0.3) is 0 Å². The van der Waals surface area contributed by atoms with Crippen LogP contribution in [0.2, 0.25) is 0 Å². The molecule has 4 rings (SSSR count). The van der Waals surface area contributed by atoms with Gasteiger partial charge in [-0.1, -0.05) is 25.0 Å². The summed E-state index contributed by atoms with van der Waals surface area (Å²) in [5, 5.41) is 6.06. The highest BCUT2D eigenvalue weighted by atomic mass is 32.1. The molecule has 10 heteroatoms. The Morgan fingerprint density at radius 2 is 1.82 bits per heavy atom. The summed E-state index contributed by atoms with van der Waals surface area (Å²) in [6, 6.07) is 7.59. The first-order valence-electron chi connectivity index (χ1n) is 11.7. The van der Waals surface area contributed by atoms with E-state index in [9.17, 15) is 17.6 Å². The van der Waals surface area contributed by atoms with Crippen LogP contribution in [0.15, 0.2) is 30.3 Å². The summed E-state index contributed by atoms with van der Waals surface area (Å²) in [6.45, 7) is 3.13. The highest BCUT2D eigenvalue weighted by Gasteiger charge is 2.37. The largest absolute Gasteiger partial charge is 0.433 e. The van der Waals surface area contributed by atoms with Gasteiger partial charge in [0.15, 0.2) is 10.8 Å². The minimum absolute atomic E-state index is 0.0978. The van der Waals surface area contributed by atoms with E-state index < -0.39 is 11.9 Å². The molecule has 1 aromatic heterocycles. The summed E-state index contributed by atoms with van der Waals surface area (Å²) >= 11 is 5.39. The number of halogens is 4. The summed E-state index contributed by atoms with van der Waals surface area (Å²) in [6.07, 6.45) is 2.20. The van der Waals surface area contributed by atoms with Crippen molar-refractivity contribution in [2.75, 3.05) is 23.3 Å². The zero-order valence-corrected chi connectivity index (χ0v) is 19.9. The summed E-state index contributed by atoms with van der Waals surface area (Å²) < 4.78 is 54.1. The quantitative estimate of drug-likeness (QED) is 0.403. The molecule has 34 heavy (non-hydrogen) atoms. The van der Waals surface area contributed by atoms with Crippen LogP contribution in [0, 0.1) is 5.82 Å². The number of thiocarbonyl (C=S) groups is 1. The van der Waals surface area contributed by atoms with Crippen molar-refractivity contribution < 1.29 is 17.6 Å². The van der Waals surface area contributed by atoms with Crippen LogP contribution in [-0.2, 0) is 11.6 Å². The van der Waals surface area contributed by atoms with E-state index >= 15 is 0 Å². The first-order chi connectivity index (χ1) is 16.2. The molecule has 0 amide bonds. The van der Waals surface area contributed by atoms with Gasteiger partial charge in [0.1, 0.15) is 11.6 Å². The Hall–Kier alpha value is -2.49. The van der Waals surface area contributed by atoms with E-state index in [1.165, 1.54) is 12.1 Å². The van der Waals surface area contributed by atoms with Crippen molar-refractivity contribution in [2.24, 2.45) is 0 Å². The molecular formula is C24H29F4N5S. The van der Waals surface area contributed by atoms with Crippen molar-refractivity contribution in [1.82, 2.24) is 15.3 Å². The van der Waals surface area contributed by atoms with Crippen LogP contribution in [0.3, 0.4) is 0 Å². The zero-order valence-electron chi connectivity index (χ0n) is 19.1. The Morgan fingerprint density at radius 3 is 2.47 bits per heavy atom. The fourth-order valence-electron chi connectivity index (χ4n) is 5.04. The van der Waals surface area contributed by atoms with Gasteiger partial charge in [0.2, 0.25) is 5.95 Å².